The van der Waals surface area contributed by atoms with Gasteiger partial charge in [0.2, 0.25) is 10.0 Å². The Labute approximate surface area is 133 Å². The van der Waals surface area contributed by atoms with Crippen molar-refractivity contribution in [3.8, 4) is 0 Å². The Balaban J connectivity index is 2.22. The van der Waals surface area contributed by atoms with E-state index in [0.29, 0.717) is 17.6 Å². The maximum Gasteiger partial charge on any atom is 0.246 e. The standard InChI is InChI=1S/C12H19BrN4O3S/c1-17(8-10-4-2-3-5-20-10)21(18,19)11-6-9(13)7-15-12(11)16-14/h6-7,10H,2-5,8,14H2,1H3,(H,15,16). The lowest BCUT2D eigenvalue weighted by atomic mass is 10.1. The van der Waals surface area contributed by atoms with Crippen molar-refractivity contribution in [3.05, 3.63) is 16.7 Å². The van der Waals surface area contributed by atoms with E-state index < -0.39 is 10.0 Å². The number of ether oxygens (including phenoxy) is 1. The van der Waals surface area contributed by atoms with Gasteiger partial charge in [0.25, 0.3) is 0 Å². The molecule has 3 N–H and O–H groups in total. The van der Waals surface area contributed by atoms with Crippen LogP contribution >= 0.6 is 15.9 Å². The summed E-state index contributed by atoms with van der Waals surface area (Å²) in [6.45, 7) is 1.01. The molecule has 1 atom stereocenters. The number of anilines is 1. The number of hydrogen-bond acceptors (Lipinski definition) is 6. The van der Waals surface area contributed by atoms with E-state index in [0.717, 1.165) is 19.3 Å². The van der Waals surface area contributed by atoms with E-state index in [1.807, 2.05) is 0 Å². The molecule has 118 valence electrons. The highest BCUT2D eigenvalue weighted by Gasteiger charge is 2.28. The molecule has 0 amide bonds. The second-order valence-corrected chi connectivity index (χ2v) is 7.85. The van der Waals surface area contributed by atoms with Crippen LogP contribution in [0.1, 0.15) is 19.3 Å². The quantitative estimate of drug-likeness (QED) is 0.592. The second kappa shape index (κ2) is 7.01. The van der Waals surface area contributed by atoms with E-state index in [9.17, 15) is 8.42 Å². The van der Waals surface area contributed by atoms with E-state index in [4.69, 9.17) is 10.6 Å². The lowest BCUT2D eigenvalue weighted by Gasteiger charge is -2.27. The van der Waals surface area contributed by atoms with Crippen molar-refractivity contribution in [2.45, 2.75) is 30.3 Å². The third-order valence-corrected chi connectivity index (χ3v) is 5.65. The van der Waals surface area contributed by atoms with Crippen molar-refractivity contribution < 1.29 is 13.2 Å². The van der Waals surface area contributed by atoms with Crippen LogP contribution in [0, 0.1) is 0 Å². The lowest BCUT2D eigenvalue weighted by molar-refractivity contribution is 0.00859. The lowest BCUT2D eigenvalue weighted by Crippen LogP contribution is -2.37. The molecule has 0 radical (unpaired) electrons. The molecule has 1 saturated heterocycles. The molecule has 2 heterocycles. The number of hydrogen-bond donors (Lipinski definition) is 2. The number of hydrazine groups is 1. The van der Waals surface area contributed by atoms with Gasteiger partial charge in [0, 0.05) is 30.9 Å². The summed E-state index contributed by atoms with van der Waals surface area (Å²) in [6, 6.07) is 1.48. The van der Waals surface area contributed by atoms with Gasteiger partial charge in [-0.2, -0.15) is 4.31 Å². The van der Waals surface area contributed by atoms with Crippen molar-refractivity contribution in [1.82, 2.24) is 9.29 Å². The second-order valence-electron chi connectivity index (χ2n) is 4.92. The number of nitrogens with one attached hydrogen (secondary N) is 1. The Morgan fingerprint density at radius 3 is 2.95 bits per heavy atom. The summed E-state index contributed by atoms with van der Waals surface area (Å²) in [5.41, 5.74) is 2.32. The molecule has 1 unspecified atom stereocenters. The van der Waals surface area contributed by atoms with Crippen LogP contribution in [0.3, 0.4) is 0 Å². The zero-order chi connectivity index (χ0) is 15.5. The highest BCUT2D eigenvalue weighted by Crippen LogP contribution is 2.25. The van der Waals surface area contributed by atoms with E-state index in [1.165, 1.54) is 23.6 Å². The first-order valence-corrected chi connectivity index (χ1v) is 8.88. The molecule has 0 spiro atoms. The van der Waals surface area contributed by atoms with Crippen molar-refractivity contribution >= 4 is 31.8 Å². The molecule has 0 saturated carbocycles. The van der Waals surface area contributed by atoms with Crippen LogP contribution in [0.4, 0.5) is 5.82 Å². The number of pyridine rings is 1. The number of sulfonamides is 1. The minimum Gasteiger partial charge on any atom is -0.377 e. The monoisotopic (exact) mass is 378 g/mol. The summed E-state index contributed by atoms with van der Waals surface area (Å²) in [6.07, 6.45) is 4.39. The van der Waals surface area contributed by atoms with Crippen LogP contribution in [0.5, 0.6) is 0 Å². The number of nitrogens with two attached hydrogens (primary N) is 1. The summed E-state index contributed by atoms with van der Waals surface area (Å²) in [7, 11) is -2.15. The number of nitrogens with zero attached hydrogens (tertiary/aromatic N) is 2. The molecule has 7 nitrogen and oxygen atoms in total. The summed E-state index contributed by atoms with van der Waals surface area (Å²) < 4.78 is 32.7. The van der Waals surface area contributed by atoms with Gasteiger partial charge in [0.15, 0.2) is 5.82 Å². The molecule has 0 bridgehead atoms. The average molecular weight is 379 g/mol. The molecule has 2 rings (SSSR count). The zero-order valence-corrected chi connectivity index (χ0v) is 14.2. The predicted molar refractivity (Wildman–Crippen MR) is 83.2 cm³/mol. The van der Waals surface area contributed by atoms with Gasteiger partial charge in [-0.3, -0.25) is 0 Å². The highest BCUT2D eigenvalue weighted by atomic mass is 79.9. The minimum atomic E-state index is -3.69. The van der Waals surface area contributed by atoms with Crippen LogP contribution in [0.2, 0.25) is 0 Å². The summed E-state index contributed by atoms with van der Waals surface area (Å²) in [5, 5.41) is 0. The number of rotatable bonds is 5. The van der Waals surface area contributed by atoms with Crippen molar-refractivity contribution in [2.75, 3.05) is 25.6 Å². The largest absolute Gasteiger partial charge is 0.377 e. The summed E-state index contributed by atoms with van der Waals surface area (Å²) in [5.74, 6) is 5.47. The van der Waals surface area contributed by atoms with Gasteiger partial charge >= 0.3 is 0 Å². The molecule has 1 aromatic rings. The Morgan fingerprint density at radius 1 is 1.57 bits per heavy atom. The topological polar surface area (TPSA) is 97.5 Å². The van der Waals surface area contributed by atoms with Crippen molar-refractivity contribution in [2.24, 2.45) is 5.84 Å². The molecule has 21 heavy (non-hydrogen) atoms. The van der Waals surface area contributed by atoms with Crippen LogP contribution in [0.15, 0.2) is 21.6 Å². The molecule has 0 aliphatic carbocycles. The highest BCUT2D eigenvalue weighted by molar-refractivity contribution is 9.10. The van der Waals surface area contributed by atoms with Crippen molar-refractivity contribution in [1.29, 1.82) is 0 Å². The molecular weight excluding hydrogens is 360 g/mol. The first-order valence-electron chi connectivity index (χ1n) is 6.65. The van der Waals surface area contributed by atoms with Gasteiger partial charge in [-0.15, -0.1) is 0 Å². The van der Waals surface area contributed by atoms with Gasteiger partial charge in [0.05, 0.1) is 6.10 Å². The maximum absolute atomic E-state index is 12.7. The fourth-order valence-electron chi connectivity index (χ4n) is 2.23. The van der Waals surface area contributed by atoms with E-state index in [2.05, 4.69) is 26.3 Å². The van der Waals surface area contributed by atoms with Gasteiger partial charge in [-0.05, 0) is 41.3 Å². The first kappa shape index (κ1) is 16.6. The van der Waals surface area contributed by atoms with Gasteiger partial charge < -0.3 is 10.2 Å². The molecule has 1 aromatic heterocycles. The van der Waals surface area contributed by atoms with Crippen LogP contribution in [-0.2, 0) is 14.8 Å². The molecule has 9 heteroatoms. The van der Waals surface area contributed by atoms with Gasteiger partial charge in [-0.1, -0.05) is 0 Å². The maximum atomic E-state index is 12.7. The Hall–Kier alpha value is -0.740. The molecule has 1 aliphatic rings. The number of halogens is 1. The van der Waals surface area contributed by atoms with E-state index in [-0.39, 0.29) is 16.8 Å². The fourth-order valence-corrected chi connectivity index (χ4v) is 4.04. The fraction of sp³-hybridized carbons (Fsp3) is 0.583. The third-order valence-electron chi connectivity index (χ3n) is 3.38. The van der Waals surface area contributed by atoms with Crippen molar-refractivity contribution in [3.63, 3.8) is 0 Å². The summed E-state index contributed by atoms with van der Waals surface area (Å²) in [4.78, 5) is 4.01. The average Bonchev–Trinajstić information content (AvgIpc) is 2.48. The summed E-state index contributed by atoms with van der Waals surface area (Å²) >= 11 is 3.23. The van der Waals surface area contributed by atoms with Crippen LogP contribution in [0.25, 0.3) is 0 Å². The Morgan fingerprint density at radius 2 is 2.33 bits per heavy atom. The SMILES string of the molecule is CN(CC1CCCCO1)S(=O)(=O)c1cc(Br)cnc1NN. The normalized spacial score (nSPS) is 19.7. The Kier molecular flexibility index (Phi) is 5.55. The third kappa shape index (κ3) is 3.92. The zero-order valence-electron chi connectivity index (χ0n) is 11.8. The number of likely N-dealkylation sites (N-methyl/N-ethyl adjacent to an activating group) is 1. The molecular formula is C12H19BrN4O3S. The molecule has 0 aromatic carbocycles. The predicted octanol–water partition coefficient (Wildman–Crippen LogP) is 1.32. The molecule has 1 fully saturated rings. The number of aromatic nitrogens is 1. The smallest absolute Gasteiger partial charge is 0.246 e. The van der Waals surface area contributed by atoms with E-state index in [1.54, 1.807) is 0 Å². The van der Waals surface area contributed by atoms with Gasteiger partial charge in [-0.25, -0.2) is 19.2 Å². The van der Waals surface area contributed by atoms with E-state index >= 15 is 0 Å². The molecule has 1 aliphatic heterocycles. The first-order chi connectivity index (χ1) is 9.95. The van der Waals surface area contributed by atoms with Gasteiger partial charge in [0.1, 0.15) is 4.90 Å². The Bertz CT molecular complexity index is 590. The van der Waals surface area contributed by atoms with Crippen LogP contribution < -0.4 is 11.3 Å². The van der Waals surface area contributed by atoms with Crippen LogP contribution in [-0.4, -0.2) is 44.0 Å². The number of nitrogen functional groups attached to an aromatic ring is 1. The minimum absolute atomic E-state index is 0.0395.